The molecule has 1 saturated heterocycles. The van der Waals surface area contributed by atoms with Crippen LogP contribution in [0.5, 0.6) is 0 Å². The van der Waals surface area contributed by atoms with Crippen LogP contribution in [0.15, 0.2) is 41.9 Å². The molecule has 4 aromatic rings. The smallest absolute Gasteiger partial charge is 0.254 e. The number of nitrogens with zero attached hydrogens (tertiary/aromatic N) is 4. The molecule has 5 rings (SSSR count). The molecular formula is C24H19F2N5OS. The molecule has 0 radical (unpaired) electrons. The lowest BCUT2D eigenvalue weighted by Gasteiger charge is -2.36. The van der Waals surface area contributed by atoms with E-state index in [-0.39, 0.29) is 28.8 Å². The fraction of sp³-hybridized carbons (Fsp3) is 0.250. The summed E-state index contributed by atoms with van der Waals surface area (Å²) in [6.45, 7) is 0.973. The molecule has 1 fully saturated rings. The first kappa shape index (κ1) is 21.2. The average Bonchev–Trinajstić information content (AvgIpc) is 3.32. The number of piperidine rings is 1. The summed E-state index contributed by atoms with van der Waals surface area (Å²) in [6, 6.07) is 11.3. The Morgan fingerprint density at radius 3 is 2.97 bits per heavy atom. The van der Waals surface area contributed by atoms with Crippen molar-refractivity contribution in [2.24, 2.45) is 0 Å². The third-order valence-corrected chi connectivity index (χ3v) is 6.76. The summed E-state index contributed by atoms with van der Waals surface area (Å²) in [5, 5.41) is 13.0. The van der Waals surface area contributed by atoms with Gasteiger partial charge in [-0.15, -0.1) is 11.3 Å². The van der Waals surface area contributed by atoms with Gasteiger partial charge in [-0.25, -0.2) is 18.7 Å². The van der Waals surface area contributed by atoms with E-state index in [0.717, 1.165) is 35.5 Å². The number of amides is 1. The molecule has 9 heteroatoms. The predicted octanol–water partition coefficient (Wildman–Crippen LogP) is 5.10. The van der Waals surface area contributed by atoms with E-state index in [4.69, 9.17) is 0 Å². The first-order chi connectivity index (χ1) is 16.0. The Bertz CT molecular complexity index is 1410. The molecule has 2 aromatic carbocycles. The number of nitriles is 1. The topological polar surface area (TPSA) is 81.9 Å². The summed E-state index contributed by atoms with van der Waals surface area (Å²) in [5.41, 5.74) is 3.33. The van der Waals surface area contributed by atoms with Crippen LogP contribution in [0.3, 0.4) is 0 Å². The molecule has 1 N–H and O–H groups in total. The van der Waals surface area contributed by atoms with Crippen LogP contribution in [0.4, 0.5) is 14.6 Å². The van der Waals surface area contributed by atoms with Gasteiger partial charge in [0.25, 0.3) is 5.91 Å². The molecule has 1 aliphatic heterocycles. The number of rotatable bonds is 4. The standard InChI is InChI=1S/C24H19F2N5OS/c25-18-6-4-14-9-16(11-27)23(30-22(14)21(18)26)28-12-17-3-1-2-8-31(17)24(32)15-5-7-19-20(10-15)33-13-29-19/h4-7,9-10,13,17H,1-3,8,12H2,(H,28,30)/t17-/m0/s1. The lowest BCUT2D eigenvalue weighted by Crippen LogP contribution is -2.47. The van der Waals surface area contributed by atoms with Crippen molar-refractivity contribution in [3.05, 3.63) is 64.7 Å². The molecule has 1 amide bonds. The second-order valence-corrected chi connectivity index (χ2v) is 8.88. The Kier molecular flexibility index (Phi) is 5.60. The average molecular weight is 464 g/mol. The number of anilines is 1. The molecule has 1 atom stereocenters. The minimum atomic E-state index is -1.05. The molecule has 3 heterocycles. The zero-order valence-corrected chi connectivity index (χ0v) is 18.3. The number of thiazole rings is 1. The van der Waals surface area contributed by atoms with Crippen molar-refractivity contribution in [3.8, 4) is 6.07 Å². The van der Waals surface area contributed by atoms with Crippen molar-refractivity contribution < 1.29 is 13.6 Å². The SMILES string of the molecule is N#Cc1cc2ccc(F)c(F)c2nc1NC[C@@H]1CCCCN1C(=O)c1ccc2ncsc2c1. The molecule has 0 saturated carbocycles. The molecule has 33 heavy (non-hydrogen) atoms. The first-order valence-electron chi connectivity index (χ1n) is 10.6. The van der Waals surface area contributed by atoms with Gasteiger partial charge in [-0.05, 0) is 55.7 Å². The van der Waals surface area contributed by atoms with Crippen molar-refractivity contribution in [2.45, 2.75) is 25.3 Å². The maximum Gasteiger partial charge on any atom is 0.254 e. The number of halogens is 2. The van der Waals surface area contributed by atoms with Crippen LogP contribution in [-0.2, 0) is 0 Å². The quantitative estimate of drug-likeness (QED) is 0.455. The summed E-state index contributed by atoms with van der Waals surface area (Å²) < 4.78 is 28.9. The number of pyridine rings is 1. The number of carbonyl (C=O) groups excluding carboxylic acids is 1. The first-order valence-corrected chi connectivity index (χ1v) is 11.5. The van der Waals surface area contributed by atoms with Crippen LogP contribution in [0.25, 0.3) is 21.1 Å². The number of hydrogen-bond donors (Lipinski definition) is 1. The lowest BCUT2D eigenvalue weighted by atomic mass is 10.0. The fourth-order valence-electron chi connectivity index (χ4n) is 4.25. The predicted molar refractivity (Wildman–Crippen MR) is 123 cm³/mol. The highest BCUT2D eigenvalue weighted by Gasteiger charge is 2.28. The highest BCUT2D eigenvalue weighted by molar-refractivity contribution is 7.16. The normalized spacial score (nSPS) is 16.2. The van der Waals surface area contributed by atoms with Crippen molar-refractivity contribution >= 4 is 44.2 Å². The van der Waals surface area contributed by atoms with E-state index in [1.807, 2.05) is 17.0 Å². The zero-order valence-electron chi connectivity index (χ0n) is 17.5. The molecular weight excluding hydrogens is 444 g/mol. The third-order valence-electron chi connectivity index (χ3n) is 5.97. The number of benzene rings is 2. The van der Waals surface area contributed by atoms with Gasteiger partial charge in [0, 0.05) is 30.1 Å². The largest absolute Gasteiger partial charge is 0.367 e. The van der Waals surface area contributed by atoms with Crippen molar-refractivity contribution in [1.82, 2.24) is 14.9 Å². The van der Waals surface area contributed by atoms with Gasteiger partial charge in [0.15, 0.2) is 11.6 Å². The summed E-state index contributed by atoms with van der Waals surface area (Å²) in [5.74, 6) is -1.92. The minimum absolute atomic E-state index is 0.0584. The van der Waals surface area contributed by atoms with Gasteiger partial charge in [-0.3, -0.25) is 4.79 Å². The maximum absolute atomic E-state index is 14.2. The van der Waals surface area contributed by atoms with Gasteiger partial charge in [0.2, 0.25) is 0 Å². The van der Waals surface area contributed by atoms with E-state index < -0.39 is 11.6 Å². The second-order valence-electron chi connectivity index (χ2n) is 7.99. The molecule has 0 aliphatic carbocycles. The fourth-order valence-corrected chi connectivity index (χ4v) is 4.97. The van der Waals surface area contributed by atoms with Crippen LogP contribution in [0, 0.1) is 23.0 Å². The van der Waals surface area contributed by atoms with Crippen molar-refractivity contribution in [1.29, 1.82) is 5.26 Å². The van der Waals surface area contributed by atoms with E-state index >= 15 is 0 Å². The van der Waals surface area contributed by atoms with E-state index in [2.05, 4.69) is 21.4 Å². The second kappa shape index (κ2) is 8.71. The van der Waals surface area contributed by atoms with Crippen LogP contribution in [0.1, 0.15) is 35.2 Å². The molecule has 2 aromatic heterocycles. The molecule has 1 aliphatic rings. The maximum atomic E-state index is 14.2. The van der Waals surface area contributed by atoms with Crippen molar-refractivity contribution in [3.63, 3.8) is 0 Å². The van der Waals surface area contributed by atoms with E-state index in [1.165, 1.54) is 23.5 Å². The van der Waals surface area contributed by atoms with Gasteiger partial charge in [0.05, 0.1) is 21.3 Å². The Morgan fingerprint density at radius 2 is 2.12 bits per heavy atom. The highest BCUT2D eigenvalue weighted by atomic mass is 32.1. The van der Waals surface area contributed by atoms with E-state index in [1.54, 1.807) is 11.6 Å². The summed E-state index contributed by atoms with van der Waals surface area (Å²) in [6.07, 6.45) is 2.67. The number of hydrogen-bond acceptors (Lipinski definition) is 6. The van der Waals surface area contributed by atoms with Gasteiger partial charge >= 0.3 is 0 Å². The Balaban J connectivity index is 1.39. The third kappa shape index (κ3) is 3.98. The number of aromatic nitrogens is 2. The summed E-state index contributed by atoms with van der Waals surface area (Å²) in [7, 11) is 0. The highest BCUT2D eigenvalue weighted by Crippen LogP contribution is 2.26. The zero-order chi connectivity index (χ0) is 22.9. The van der Waals surface area contributed by atoms with E-state index in [0.29, 0.717) is 24.0 Å². The molecule has 6 nitrogen and oxygen atoms in total. The van der Waals surface area contributed by atoms with Crippen molar-refractivity contribution in [2.75, 3.05) is 18.4 Å². The van der Waals surface area contributed by atoms with Gasteiger partial charge in [0.1, 0.15) is 17.4 Å². The number of fused-ring (bicyclic) bond motifs is 2. The lowest BCUT2D eigenvalue weighted by molar-refractivity contribution is 0.0628. The van der Waals surface area contributed by atoms with Gasteiger partial charge in [-0.1, -0.05) is 0 Å². The summed E-state index contributed by atoms with van der Waals surface area (Å²) in [4.78, 5) is 23.6. The molecule has 0 bridgehead atoms. The number of likely N-dealkylation sites (tertiary alicyclic amines) is 1. The van der Waals surface area contributed by atoms with Gasteiger partial charge in [-0.2, -0.15) is 5.26 Å². The number of nitrogens with one attached hydrogen (secondary N) is 1. The van der Waals surface area contributed by atoms with Crippen LogP contribution in [0.2, 0.25) is 0 Å². The molecule has 0 unspecified atom stereocenters. The molecule has 0 spiro atoms. The van der Waals surface area contributed by atoms with Crippen LogP contribution >= 0.6 is 11.3 Å². The Hall–Kier alpha value is -3.64. The van der Waals surface area contributed by atoms with E-state index in [9.17, 15) is 18.8 Å². The Labute approximate surface area is 192 Å². The van der Waals surface area contributed by atoms with Crippen LogP contribution < -0.4 is 5.32 Å². The monoisotopic (exact) mass is 463 g/mol. The minimum Gasteiger partial charge on any atom is -0.367 e. The van der Waals surface area contributed by atoms with Crippen LogP contribution in [-0.4, -0.2) is 39.9 Å². The molecule has 166 valence electrons. The number of carbonyl (C=O) groups is 1. The van der Waals surface area contributed by atoms with Gasteiger partial charge < -0.3 is 10.2 Å². The Morgan fingerprint density at radius 1 is 1.24 bits per heavy atom. The summed E-state index contributed by atoms with van der Waals surface area (Å²) >= 11 is 1.49.